The Hall–Kier alpha value is -0.0900. The van der Waals surface area contributed by atoms with Gasteiger partial charge < -0.3 is 4.18 Å². The molecule has 0 aromatic carbocycles. The molecule has 1 unspecified atom stereocenters. The normalized spacial score (nSPS) is 13.0. The maximum atomic E-state index is 11.2. The second-order valence-electron chi connectivity index (χ2n) is 5.24. The quantitative estimate of drug-likeness (QED) is 0.251. The van der Waals surface area contributed by atoms with Crippen molar-refractivity contribution in [3.05, 3.63) is 0 Å². The van der Waals surface area contributed by atoms with Crippen molar-refractivity contribution in [1.82, 2.24) is 0 Å². The highest BCUT2D eigenvalue weighted by Gasteiger charge is 2.05. The summed E-state index contributed by atoms with van der Waals surface area (Å²) in [6.45, 7) is 4.08. The summed E-state index contributed by atoms with van der Waals surface area (Å²) < 4.78 is 6.95. The van der Waals surface area contributed by atoms with Gasteiger partial charge in [-0.3, -0.25) is 4.79 Å². The van der Waals surface area contributed by atoms with Gasteiger partial charge in [0.1, 0.15) is 0 Å². The van der Waals surface area contributed by atoms with E-state index in [0.29, 0.717) is 6.42 Å². The first-order valence-electron chi connectivity index (χ1n) is 8.17. The maximum Gasteiger partial charge on any atom is 0.316 e. The Kier molecular flexibility index (Phi) is 15.2. The second kappa shape index (κ2) is 15.3. The minimum absolute atomic E-state index is 0.121. The highest BCUT2D eigenvalue weighted by Crippen LogP contribution is 2.26. The molecule has 120 valence electrons. The Morgan fingerprint density at radius 3 is 1.90 bits per heavy atom. The van der Waals surface area contributed by atoms with E-state index >= 15 is 0 Å². The van der Waals surface area contributed by atoms with Crippen LogP contribution in [-0.4, -0.2) is 16.4 Å². The van der Waals surface area contributed by atoms with Crippen LogP contribution in [0.3, 0.4) is 0 Å². The van der Waals surface area contributed by atoms with E-state index in [0.717, 1.165) is 12.2 Å². The average molecular weight is 321 g/mol. The fourth-order valence-electron chi connectivity index (χ4n) is 2.07. The lowest BCUT2D eigenvalue weighted by atomic mass is 10.1. The molecule has 0 aromatic rings. The number of carbonyl (C=O) groups is 1. The molecular weight excluding hydrogens is 288 g/mol. The first-order chi connectivity index (χ1) is 9.74. The highest BCUT2D eigenvalue weighted by atomic mass is 32.2. The van der Waals surface area contributed by atoms with E-state index in [2.05, 4.69) is 6.92 Å². The third-order valence-corrected chi connectivity index (χ3v) is 5.49. The first-order valence-corrected chi connectivity index (χ1v) is 10.2. The summed E-state index contributed by atoms with van der Waals surface area (Å²) in [6.07, 6.45) is 13.7. The van der Waals surface area contributed by atoms with Crippen molar-refractivity contribution < 1.29 is 8.98 Å². The summed E-state index contributed by atoms with van der Waals surface area (Å²) in [6, 6.07) is 0. The van der Waals surface area contributed by atoms with Crippen molar-refractivity contribution in [2.24, 2.45) is 0 Å². The number of thiocarbonyl (C=S) groups is 1. The zero-order valence-electron chi connectivity index (χ0n) is 13.2. The van der Waals surface area contributed by atoms with Crippen molar-refractivity contribution in [3.8, 4) is 0 Å². The van der Waals surface area contributed by atoms with E-state index < -0.39 is 11.2 Å². The van der Waals surface area contributed by atoms with Gasteiger partial charge in [-0.1, -0.05) is 95.0 Å². The van der Waals surface area contributed by atoms with Crippen molar-refractivity contribution in [1.29, 1.82) is 0 Å². The molecule has 0 bridgehead atoms. The number of unbranched alkanes of at least 4 members (excludes halogenated alkanes) is 9. The predicted octanol–water partition coefficient (Wildman–Crippen LogP) is 5.73. The number of rotatable bonds is 14. The van der Waals surface area contributed by atoms with Crippen LogP contribution in [-0.2, 0) is 8.98 Å². The van der Waals surface area contributed by atoms with Gasteiger partial charge in [0, 0.05) is 16.9 Å². The van der Waals surface area contributed by atoms with Crippen molar-refractivity contribution in [3.63, 3.8) is 0 Å². The molecule has 0 saturated carbocycles. The SMILES string of the molecule is CCCCCCCCCCCC[SH](C=S)OC(=O)CC. The number of hydrogen-bond acceptors (Lipinski definition) is 3. The van der Waals surface area contributed by atoms with Crippen LogP contribution in [0.4, 0.5) is 0 Å². The summed E-state index contributed by atoms with van der Waals surface area (Å²) in [4.78, 5) is 11.2. The molecule has 4 heteroatoms. The predicted molar refractivity (Wildman–Crippen MR) is 95.7 cm³/mol. The van der Waals surface area contributed by atoms with Gasteiger partial charge in [-0.2, -0.15) is 0 Å². The van der Waals surface area contributed by atoms with E-state index in [9.17, 15) is 4.79 Å². The van der Waals surface area contributed by atoms with Gasteiger partial charge in [0.15, 0.2) is 0 Å². The van der Waals surface area contributed by atoms with Gasteiger partial charge in [0.05, 0.1) is 0 Å². The fourth-order valence-corrected chi connectivity index (χ4v) is 3.68. The van der Waals surface area contributed by atoms with Crippen LogP contribution in [0.2, 0.25) is 0 Å². The number of hydrogen-bond donors (Lipinski definition) is 1. The molecule has 0 amide bonds. The minimum atomic E-state index is -0.798. The lowest BCUT2D eigenvalue weighted by Gasteiger charge is -2.16. The summed E-state index contributed by atoms with van der Waals surface area (Å²) in [5.74, 6) is 0.824. The van der Waals surface area contributed by atoms with E-state index in [1.807, 2.05) is 6.92 Å². The number of carbonyl (C=O) groups excluding carboxylic acids is 1. The van der Waals surface area contributed by atoms with Crippen molar-refractivity contribution in [2.75, 3.05) is 5.75 Å². The van der Waals surface area contributed by atoms with Crippen LogP contribution in [0.15, 0.2) is 0 Å². The fraction of sp³-hybridized carbons (Fsp3) is 0.875. The minimum Gasteiger partial charge on any atom is -0.414 e. The molecule has 0 saturated heterocycles. The van der Waals surface area contributed by atoms with E-state index in [1.54, 1.807) is 4.70 Å². The molecular formula is C16H32O2S2. The lowest BCUT2D eigenvalue weighted by Crippen LogP contribution is -2.03. The lowest BCUT2D eigenvalue weighted by molar-refractivity contribution is -0.132. The Balaban J connectivity index is 3.33. The molecule has 1 atom stereocenters. The number of thiol groups is 1. The van der Waals surface area contributed by atoms with Gasteiger partial charge in [-0.15, -0.1) is 0 Å². The Morgan fingerprint density at radius 2 is 1.45 bits per heavy atom. The molecule has 0 aliphatic heterocycles. The van der Waals surface area contributed by atoms with Gasteiger partial charge in [-0.05, 0) is 6.42 Å². The van der Waals surface area contributed by atoms with Gasteiger partial charge in [0.2, 0.25) is 0 Å². The van der Waals surface area contributed by atoms with Crippen LogP contribution < -0.4 is 0 Å². The third kappa shape index (κ3) is 12.9. The standard InChI is InChI=1S/C16H32O2S2/c1-3-5-6-7-8-9-10-11-12-13-14-20(15-19)18-16(17)4-2/h15,20H,3-14H2,1-2H3. The molecule has 0 radical (unpaired) electrons. The Labute approximate surface area is 133 Å². The van der Waals surface area contributed by atoms with Crippen LogP contribution in [0, 0.1) is 0 Å². The van der Waals surface area contributed by atoms with E-state index in [1.165, 1.54) is 57.8 Å². The van der Waals surface area contributed by atoms with E-state index in [-0.39, 0.29) is 5.97 Å². The molecule has 0 aromatic heterocycles. The van der Waals surface area contributed by atoms with Crippen LogP contribution in [0.25, 0.3) is 0 Å². The summed E-state index contributed by atoms with van der Waals surface area (Å²) >= 11 is 4.14. The van der Waals surface area contributed by atoms with Crippen LogP contribution in [0.5, 0.6) is 0 Å². The van der Waals surface area contributed by atoms with Crippen molar-refractivity contribution >= 4 is 34.1 Å². The molecule has 0 aliphatic carbocycles. The smallest absolute Gasteiger partial charge is 0.316 e. The van der Waals surface area contributed by atoms with Crippen LogP contribution in [0.1, 0.15) is 84.5 Å². The molecule has 20 heavy (non-hydrogen) atoms. The second-order valence-corrected chi connectivity index (χ2v) is 7.55. The largest absolute Gasteiger partial charge is 0.414 e. The average Bonchev–Trinajstić information content (AvgIpc) is 2.47. The van der Waals surface area contributed by atoms with Crippen LogP contribution >= 0.6 is 23.4 Å². The molecule has 0 N–H and O–H groups in total. The topological polar surface area (TPSA) is 26.3 Å². The molecule has 0 rings (SSSR count). The van der Waals surface area contributed by atoms with Gasteiger partial charge >= 0.3 is 5.97 Å². The van der Waals surface area contributed by atoms with Gasteiger partial charge in [-0.25, -0.2) is 0 Å². The van der Waals surface area contributed by atoms with Gasteiger partial charge in [0.25, 0.3) is 0 Å². The zero-order valence-corrected chi connectivity index (χ0v) is 14.9. The summed E-state index contributed by atoms with van der Waals surface area (Å²) in [7, 11) is 0. The molecule has 0 heterocycles. The van der Waals surface area contributed by atoms with E-state index in [4.69, 9.17) is 16.4 Å². The zero-order chi connectivity index (χ0) is 15.1. The third-order valence-electron chi connectivity index (χ3n) is 3.36. The Morgan fingerprint density at radius 1 is 0.950 bits per heavy atom. The molecule has 0 aliphatic rings. The summed E-state index contributed by atoms with van der Waals surface area (Å²) in [5.41, 5.74) is 0. The molecule has 0 spiro atoms. The maximum absolute atomic E-state index is 11.2. The summed E-state index contributed by atoms with van der Waals surface area (Å²) in [5, 5.41) is 0. The highest BCUT2D eigenvalue weighted by molar-refractivity contribution is 8.31. The van der Waals surface area contributed by atoms with Crippen molar-refractivity contribution in [2.45, 2.75) is 84.5 Å². The molecule has 2 nitrogen and oxygen atoms in total. The monoisotopic (exact) mass is 320 g/mol. The molecule has 0 fully saturated rings. The first kappa shape index (κ1) is 19.9. The Bertz CT molecular complexity index is 245.